The molecule has 0 atom stereocenters. The van der Waals surface area contributed by atoms with Gasteiger partial charge in [-0.25, -0.2) is 0 Å². The molecule has 0 bridgehead atoms. The Morgan fingerprint density at radius 1 is 1.07 bits per heavy atom. The van der Waals surface area contributed by atoms with E-state index in [-0.39, 0.29) is 12.4 Å². The second kappa shape index (κ2) is 9.45. The Bertz CT molecular complexity index is 190. The van der Waals surface area contributed by atoms with Crippen molar-refractivity contribution in [1.29, 1.82) is 0 Å². The number of rotatable bonds is 9. The Morgan fingerprint density at radius 3 is 2.33 bits per heavy atom. The van der Waals surface area contributed by atoms with Crippen LogP contribution in [0.5, 0.6) is 0 Å². The van der Waals surface area contributed by atoms with E-state index in [1.165, 1.54) is 0 Å². The van der Waals surface area contributed by atoms with E-state index < -0.39 is 5.97 Å². The molecule has 0 aliphatic heterocycles. The molecule has 0 aliphatic rings. The fourth-order valence-corrected chi connectivity index (χ4v) is 1.01. The molecule has 5 nitrogen and oxygen atoms in total. The predicted molar refractivity (Wildman–Crippen MR) is 53.6 cm³/mol. The first-order chi connectivity index (χ1) is 7.16. The highest BCUT2D eigenvalue weighted by atomic mass is 16.5. The summed E-state index contributed by atoms with van der Waals surface area (Å²) < 4.78 is 9.68. The van der Waals surface area contributed by atoms with Gasteiger partial charge in [-0.05, 0) is 12.8 Å². The molecule has 0 spiro atoms. The normalized spacial score (nSPS) is 9.93. The Kier molecular flexibility index (Phi) is 8.76. The maximum Gasteiger partial charge on any atom is 0.305 e. The molecule has 0 amide bonds. The smallest absolute Gasteiger partial charge is 0.305 e. The third-order valence-corrected chi connectivity index (χ3v) is 1.78. The van der Waals surface area contributed by atoms with Gasteiger partial charge in [0.1, 0.15) is 0 Å². The number of carbonyl (C=O) groups is 2. The van der Waals surface area contributed by atoms with Gasteiger partial charge in [0.2, 0.25) is 0 Å². The number of methoxy groups -OCH3 is 1. The zero-order valence-corrected chi connectivity index (χ0v) is 9.03. The maximum absolute atomic E-state index is 11.0. The number of carbonyl (C=O) groups excluding carboxylic acids is 1. The number of hydrogen-bond donors (Lipinski definition) is 1. The SMILES string of the molecule is COCCCOC(=O)CCCCC(=O)O. The average molecular weight is 218 g/mol. The molecule has 0 rings (SSSR count). The van der Waals surface area contributed by atoms with Crippen LogP contribution in [0.4, 0.5) is 0 Å². The van der Waals surface area contributed by atoms with E-state index in [0.29, 0.717) is 38.9 Å². The number of aliphatic carboxylic acids is 1. The van der Waals surface area contributed by atoms with Crippen LogP contribution in [-0.4, -0.2) is 37.4 Å². The molecule has 0 saturated carbocycles. The summed E-state index contributed by atoms with van der Waals surface area (Å²) in [4.78, 5) is 21.2. The van der Waals surface area contributed by atoms with Gasteiger partial charge >= 0.3 is 11.9 Å². The molecule has 0 fully saturated rings. The van der Waals surface area contributed by atoms with E-state index in [1.807, 2.05) is 0 Å². The van der Waals surface area contributed by atoms with E-state index in [4.69, 9.17) is 14.6 Å². The van der Waals surface area contributed by atoms with E-state index in [1.54, 1.807) is 7.11 Å². The topological polar surface area (TPSA) is 72.8 Å². The largest absolute Gasteiger partial charge is 0.481 e. The Labute approximate surface area is 89.4 Å². The minimum absolute atomic E-state index is 0.108. The lowest BCUT2D eigenvalue weighted by atomic mass is 10.2. The quantitative estimate of drug-likeness (QED) is 0.465. The van der Waals surface area contributed by atoms with Crippen molar-refractivity contribution in [2.24, 2.45) is 0 Å². The average Bonchev–Trinajstić information content (AvgIpc) is 2.19. The zero-order valence-electron chi connectivity index (χ0n) is 9.03. The molecule has 0 radical (unpaired) electrons. The fraction of sp³-hybridized carbons (Fsp3) is 0.800. The Morgan fingerprint density at radius 2 is 1.73 bits per heavy atom. The van der Waals surface area contributed by atoms with Gasteiger partial charge in [-0.15, -0.1) is 0 Å². The number of carboxylic acid groups (broad SMARTS) is 1. The summed E-state index contributed by atoms with van der Waals surface area (Å²) >= 11 is 0. The molecule has 0 aromatic heterocycles. The van der Waals surface area contributed by atoms with Gasteiger partial charge in [0, 0.05) is 33.0 Å². The highest BCUT2D eigenvalue weighted by Gasteiger charge is 2.03. The third kappa shape index (κ3) is 10.8. The van der Waals surface area contributed by atoms with Crippen LogP contribution < -0.4 is 0 Å². The summed E-state index contributed by atoms with van der Waals surface area (Å²) in [5.74, 6) is -1.10. The van der Waals surface area contributed by atoms with Crippen molar-refractivity contribution >= 4 is 11.9 Å². The zero-order chi connectivity index (χ0) is 11.5. The molecule has 88 valence electrons. The van der Waals surface area contributed by atoms with Crippen molar-refractivity contribution in [3.05, 3.63) is 0 Å². The first-order valence-electron chi connectivity index (χ1n) is 5.03. The third-order valence-electron chi connectivity index (χ3n) is 1.78. The van der Waals surface area contributed by atoms with Crippen LogP contribution in [0.3, 0.4) is 0 Å². The van der Waals surface area contributed by atoms with Crippen molar-refractivity contribution in [3.8, 4) is 0 Å². The van der Waals surface area contributed by atoms with Gasteiger partial charge in [0.15, 0.2) is 0 Å². The summed E-state index contributed by atoms with van der Waals surface area (Å²) in [5, 5.41) is 8.35. The number of unbranched alkanes of at least 4 members (excludes halogenated alkanes) is 1. The molecule has 0 aliphatic carbocycles. The molecule has 15 heavy (non-hydrogen) atoms. The summed E-state index contributed by atoms with van der Waals surface area (Å²) in [7, 11) is 1.59. The lowest BCUT2D eigenvalue weighted by Gasteiger charge is -2.03. The number of hydrogen-bond acceptors (Lipinski definition) is 4. The predicted octanol–water partition coefficient (Wildman–Crippen LogP) is 1.21. The monoisotopic (exact) mass is 218 g/mol. The lowest BCUT2D eigenvalue weighted by molar-refractivity contribution is -0.144. The van der Waals surface area contributed by atoms with Crippen molar-refractivity contribution < 1.29 is 24.2 Å². The van der Waals surface area contributed by atoms with Crippen LogP contribution in [0, 0.1) is 0 Å². The molecule has 5 heteroatoms. The molecule has 0 aromatic carbocycles. The van der Waals surface area contributed by atoms with Gasteiger partial charge in [-0.1, -0.05) is 0 Å². The van der Waals surface area contributed by atoms with Crippen LogP contribution >= 0.6 is 0 Å². The van der Waals surface area contributed by atoms with Crippen LogP contribution in [0.15, 0.2) is 0 Å². The summed E-state index contributed by atoms with van der Waals surface area (Å²) in [6.07, 6.45) is 2.17. The maximum atomic E-state index is 11.0. The van der Waals surface area contributed by atoms with Crippen molar-refractivity contribution in [2.45, 2.75) is 32.1 Å². The van der Waals surface area contributed by atoms with E-state index in [2.05, 4.69) is 0 Å². The Hall–Kier alpha value is -1.10. The van der Waals surface area contributed by atoms with Crippen molar-refractivity contribution in [1.82, 2.24) is 0 Å². The molecule has 0 saturated heterocycles. The van der Waals surface area contributed by atoms with Crippen LogP contribution in [0.2, 0.25) is 0 Å². The molecular weight excluding hydrogens is 200 g/mol. The second-order valence-corrected chi connectivity index (χ2v) is 3.17. The minimum atomic E-state index is -0.830. The minimum Gasteiger partial charge on any atom is -0.481 e. The number of ether oxygens (including phenoxy) is 2. The highest BCUT2D eigenvalue weighted by molar-refractivity contribution is 5.69. The first-order valence-corrected chi connectivity index (χ1v) is 5.03. The van der Waals surface area contributed by atoms with Gasteiger partial charge in [-0.2, -0.15) is 0 Å². The number of carboxylic acids is 1. The lowest BCUT2D eigenvalue weighted by Crippen LogP contribution is -2.07. The fourth-order valence-electron chi connectivity index (χ4n) is 1.01. The van der Waals surface area contributed by atoms with Gasteiger partial charge in [0.25, 0.3) is 0 Å². The highest BCUT2D eigenvalue weighted by Crippen LogP contribution is 2.01. The summed E-state index contributed by atoms with van der Waals surface area (Å²) in [6, 6.07) is 0. The van der Waals surface area contributed by atoms with Crippen LogP contribution in [-0.2, 0) is 19.1 Å². The number of esters is 1. The summed E-state index contributed by atoms with van der Waals surface area (Å²) in [6.45, 7) is 0.942. The van der Waals surface area contributed by atoms with Crippen LogP contribution in [0.25, 0.3) is 0 Å². The standard InChI is InChI=1S/C10H18O5/c1-14-7-4-8-15-10(13)6-3-2-5-9(11)12/h2-8H2,1H3,(H,11,12). The molecule has 0 unspecified atom stereocenters. The van der Waals surface area contributed by atoms with E-state index in [0.717, 1.165) is 0 Å². The van der Waals surface area contributed by atoms with Gasteiger partial charge < -0.3 is 14.6 Å². The van der Waals surface area contributed by atoms with E-state index in [9.17, 15) is 9.59 Å². The summed E-state index contributed by atoms with van der Waals surface area (Å²) in [5.41, 5.74) is 0. The van der Waals surface area contributed by atoms with Crippen LogP contribution in [0.1, 0.15) is 32.1 Å². The second-order valence-electron chi connectivity index (χ2n) is 3.17. The van der Waals surface area contributed by atoms with Crippen molar-refractivity contribution in [2.75, 3.05) is 20.3 Å². The molecule has 0 heterocycles. The molecule has 0 aromatic rings. The molecule has 1 N–H and O–H groups in total. The van der Waals surface area contributed by atoms with Gasteiger partial charge in [0.05, 0.1) is 6.61 Å². The van der Waals surface area contributed by atoms with E-state index >= 15 is 0 Å². The molecular formula is C10H18O5. The first kappa shape index (κ1) is 13.9. The Balaban J connectivity index is 3.22. The van der Waals surface area contributed by atoms with Gasteiger partial charge in [-0.3, -0.25) is 9.59 Å². The van der Waals surface area contributed by atoms with Crippen molar-refractivity contribution in [3.63, 3.8) is 0 Å².